The van der Waals surface area contributed by atoms with E-state index in [0.29, 0.717) is 144 Å². The van der Waals surface area contributed by atoms with E-state index in [1.807, 2.05) is 6.92 Å². The molecule has 0 aromatic rings. The van der Waals surface area contributed by atoms with E-state index in [4.69, 9.17) is 68.4 Å². The SMILES string of the molecule is C.CCCOCCOCCOCC(=O)NC(CCCCNC(=O)COCCOCCOCCOC)C(=O)NC(CCCCNC(=O)COCCOCCOCCOC)C(=O)NCCCC(=O)NCCCCC(CO)COP([O-])(=S)C(C)C. The van der Waals surface area contributed by atoms with E-state index < -0.39 is 36.3 Å². The van der Waals surface area contributed by atoms with Crippen LogP contribution in [-0.2, 0) is 97.2 Å². The first-order valence-electron chi connectivity index (χ1n) is 28.6. The minimum atomic E-state index is -3.17. The first-order valence-corrected chi connectivity index (χ1v) is 31.3. The van der Waals surface area contributed by atoms with Gasteiger partial charge >= 0.3 is 0 Å². The number of ether oxygens (including phenoxy) is 11. The van der Waals surface area contributed by atoms with Crippen LogP contribution in [0.5, 0.6) is 0 Å². The second kappa shape index (κ2) is 58.3. The van der Waals surface area contributed by atoms with Crippen molar-refractivity contribution in [3.63, 3.8) is 0 Å². The van der Waals surface area contributed by atoms with Crippen LogP contribution in [0.3, 0.4) is 0 Å². The molecule has 28 heteroatoms. The molecular formula is C54H106N6O20PS-. The maximum atomic E-state index is 14.0. The van der Waals surface area contributed by atoms with E-state index in [1.165, 1.54) is 0 Å². The van der Waals surface area contributed by atoms with Crippen LogP contribution in [-0.4, -0.2) is 244 Å². The van der Waals surface area contributed by atoms with Crippen LogP contribution in [0, 0.1) is 5.92 Å². The normalized spacial score (nSPS) is 13.1. The molecule has 0 bridgehead atoms. The Balaban J connectivity index is 0. The summed E-state index contributed by atoms with van der Waals surface area (Å²) in [6.45, 7) is 9.03. The summed E-state index contributed by atoms with van der Waals surface area (Å²) in [7, 11) is 3.19. The molecule has 82 heavy (non-hydrogen) atoms. The first-order chi connectivity index (χ1) is 39.2. The monoisotopic (exact) mass is 1220 g/mol. The van der Waals surface area contributed by atoms with Crippen molar-refractivity contribution in [1.29, 1.82) is 0 Å². The highest BCUT2D eigenvalue weighted by molar-refractivity contribution is 8.09. The number of rotatable bonds is 60. The molecule has 0 aliphatic heterocycles. The van der Waals surface area contributed by atoms with Crippen molar-refractivity contribution >= 4 is 53.7 Å². The molecule has 0 fully saturated rings. The Bertz CT molecular complexity index is 1630. The third kappa shape index (κ3) is 51.3. The summed E-state index contributed by atoms with van der Waals surface area (Å²) in [5, 5.41) is 26.6. The Labute approximate surface area is 494 Å². The Hall–Kier alpha value is -3.09. The zero-order valence-electron chi connectivity index (χ0n) is 49.2. The Kier molecular flexibility index (Phi) is 57.6. The number of amides is 6. The summed E-state index contributed by atoms with van der Waals surface area (Å²) in [6, 6.07) is -2.12. The number of carbonyl (C=O) groups is 6. The van der Waals surface area contributed by atoms with Gasteiger partial charge in [0.25, 0.3) is 0 Å². The highest BCUT2D eigenvalue weighted by Crippen LogP contribution is 2.43. The van der Waals surface area contributed by atoms with Gasteiger partial charge in [0.05, 0.1) is 112 Å². The van der Waals surface area contributed by atoms with Crippen LogP contribution in [0.1, 0.15) is 105 Å². The first kappa shape index (κ1) is 81.0. The van der Waals surface area contributed by atoms with E-state index in [9.17, 15) is 38.8 Å². The predicted octanol–water partition coefficient (Wildman–Crippen LogP) is 0.903. The maximum absolute atomic E-state index is 14.0. The van der Waals surface area contributed by atoms with E-state index >= 15 is 0 Å². The molecular weight excluding hydrogens is 1120 g/mol. The van der Waals surface area contributed by atoms with E-state index in [1.54, 1.807) is 28.1 Å². The van der Waals surface area contributed by atoms with Gasteiger partial charge in [0, 0.05) is 66.0 Å². The van der Waals surface area contributed by atoms with Crippen molar-refractivity contribution in [1.82, 2.24) is 31.9 Å². The lowest BCUT2D eigenvalue weighted by molar-refractivity contribution is -0.185. The van der Waals surface area contributed by atoms with Crippen molar-refractivity contribution in [2.75, 3.05) is 186 Å². The topological polar surface area (TPSA) is 329 Å². The van der Waals surface area contributed by atoms with Crippen molar-refractivity contribution in [3.8, 4) is 0 Å². The molecule has 0 aliphatic rings. The number of aliphatic hydroxyl groups excluding tert-OH is 1. The van der Waals surface area contributed by atoms with Crippen LogP contribution in [0.15, 0.2) is 0 Å². The Morgan fingerprint density at radius 3 is 1.28 bits per heavy atom. The standard InChI is InChI=1S/C53H103N6O20PS.CH4/c1-6-22-70-27-28-73-35-38-78-43-51(64)58-47(16-9-12-20-56-50(63)42-77-37-34-75-32-30-72-26-24-69-5)53(66)59-46(15-8-11-19-55-49(62)41-76-36-33-74-31-29-71-25-23-68-4)52(65)57-21-13-17-48(61)54-18-10-7-14-45(39-60)40-79-80(67,81)44(2)3;/h44-47,60H,6-43H2,1-5H3,(H,54,61)(H,55,62)(H,56,63)(H,57,65)(H,58,64)(H,59,66)(H,67,81);1H4/p-1. The number of hydrogen-bond donors (Lipinski definition) is 7. The predicted molar refractivity (Wildman–Crippen MR) is 311 cm³/mol. The van der Waals surface area contributed by atoms with Crippen molar-refractivity contribution in [2.45, 2.75) is 123 Å². The number of unbranched alkanes of at least 4 members (excludes halogenated alkanes) is 3. The fourth-order valence-corrected chi connectivity index (χ4v) is 7.74. The molecule has 0 aromatic carbocycles. The fourth-order valence-electron chi connectivity index (χ4n) is 6.84. The van der Waals surface area contributed by atoms with Crippen LogP contribution >= 0.6 is 6.49 Å². The van der Waals surface area contributed by atoms with Gasteiger partial charge in [-0.05, 0) is 76.4 Å². The zero-order chi connectivity index (χ0) is 59.9. The van der Waals surface area contributed by atoms with Crippen molar-refractivity contribution in [3.05, 3.63) is 0 Å². The molecule has 0 aliphatic carbocycles. The molecule has 0 heterocycles. The molecule has 0 radical (unpaired) electrons. The lowest BCUT2D eigenvalue weighted by Gasteiger charge is -2.33. The molecule has 4 unspecified atom stereocenters. The molecule has 0 saturated heterocycles. The van der Waals surface area contributed by atoms with Gasteiger partial charge in [-0.15, -0.1) is 0 Å². The number of hydrogen-bond acceptors (Lipinski definition) is 21. The molecule has 0 spiro atoms. The lowest BCUT2D eigenvalue weighted by atomic mass is 10.0. The average molecular weight is 1220 g/mol. The zero-order valence-corrected chi connectivity index (χ0v) is 50.9. The van der Waals surface area contributed by atoms with E-state index in [2.05, 4.69) is 31.9 Å². The van der Waals surface area contributed by atoms with Gasteiger partial charge < -0.3 is 98.5 Å². The third-order valence-corrected chi connectivity index (χ3v) is 14.9. The van der Waals surface area contributed by atoms with Crippen LogP contribution in [0.25, 0.3) is 0 Å². The molecule has 4 atom stereocenters. The summed E-state index contributed by atoms with van der Waals surface area (Å²) >= 11 is 5.07. The average Bonchev–Trinajstić information content (AvgIpc) is 3.44. The Morgan fingerprint density at radius 1 is 0.476 bits per heavy atom. The molecule has 26 nitrogen and oxygen atoms in total. The van der Waals surface area contributed by atoms with Gasteiger partial charge in [0.2, 0.25) is 35.4 Å². The number of carbonyl (C=O) groups excluding carboxylic acids is 6. The summed E-state index contributed by atoms with van der Waals surface area (Å²) in [4.78, 5) is 90.8. The van der Waals surface area contributed by atoms with Gasteiger partial charge in [-0.1, -0.05) is 46.4 Å². The number of aliphatic hydroxyl groups is 1. The summed E-state index contributed by atoms with van der Waals surface area (Å²) in [5.41, 5.74) is -0.296. The molecule has 7 N–H and O–H groups in total. The van der Waals surface area contributed by atoms with Crippen molar-refractivity contribution < 1.29 is 95.4 Å². The van der Waals surface area contributed by atoms with Crippen LogP contribution in [0.2, 0.25) is 0 Å². The minimum absolute atomic E-state index is 0. The minimum Gasteiger partial charge on any atom is -0.801 e. The third-order valence-electron chi connectivity index (χ3n) is 11.5. The second-order valence-electron chi connectivity index (χ2n) is 18.9. The highest BCUT2D eigenvalue weighted by atomic mass is 32.5. The van der Waals surface area contributed by atoms with Gasteiger partial charge in [-0.3, -0.25) is 28.8 Å². The largest absolute Gasteiger partial charge is 0.801 e. The van der Waals surface area contributed by atoms with E-state index in [0.717, 1.165) is 6.42 Å². The quantitative estimate of drug-likeness (QED) is 0.0329. The van der Waals surface area contributed by atoms with Crippen LogP contribution in [0.4, 0.5) is 0 Å². The van der Waals surface area contributed by atoms with Gasteiger partial charge in [0.15, 0.2) is 0 Å². The molecule has 0 rings (SSSR count). The highest BCUT2D eigenvalue weighted by Gasteiger charge is 2.27. The summed E-state index contributed by atoms with van der Waals surface area (Å²) < 4.78 is 64.0. The lowest BCUT2D eigenvalue weighted by Crippen LogP contribution is -2.54. The number of methoxy groups -OCH3 is 2. The summed E-state index contributed by atoms with van der Waals surface area (Å²) in [6.07, 6.45) is 5.35. The molecule has 6 amide bonds. The van der Waals surface area contributed by atoms with Gasteiger partial charge in [0.1, 0.15) is 31.9 Å². The Morgan fingerprint density at radius 2 is 0.854 bits per heavy atom. The van der Waals surface area contributed by atoms with Crippen molar-refractivity contribution in [2.24, 2.45) is 5.92 Å². The second-order valence-corrected chi connectivity index (χ2v) is 22.8. The number of nitrogens with one attached hydrogen (secondary N) is 6. The fraction of sp³-hybridized carbons (Fsp3) is 0.889. The molecule has 484 valence electrons. The van der Waals surface area contributed by atoms with Gasteiger partial charge in [-0.2, -0.15) is 0 Å². The molecule has 0 aromatic heterocycles. The smallest absolute Gasteiger partial charge is 0.246 e. The maximum Gasteiger partial charge on any atom is 0.246 e. The summed E-state index contributed by atoms with van der Waals surface area (Å²) in [5.74, 6) is -2.75. The molecule has 0 saturated carbocycles. The van der Waals surface area contributed by atoms with Crippen LogP contribution < -0.4 is 36.8 Å². The van der Waals surface area contributed by atoms with Gasteiger partial charge in [-0.25, -0.2) is 0 Å². The van der Waals surface area contributed by atoms with E-state index in [-0.39, 0.29) is 135 Å².